The van der Waals surface area contributed by atoms with Gasteiger partial charge in [0.25, 0.3) is 0 Å². The summed E-state index contributed by atoms with van der Waals surface area (Å²) in [6, 6.07) is 8.16. The summed E-state index contributed by atoms with van der Waals surface area (Å²) in [4.78, 5) is 10.4. The van der Waals surface area contributed by atoms with Gasteiger partial charge in [0, 0.05) is 11.8 Å². The van der Waals surface area contributed by atoms with E-state index in [1.54, 1.807) is 10.9 Å². The first-order chi connectivity index (χ1) is 8.15. The number of carboxylic acid groups (broad SMARTS) is 1. The average molecular weight is 230 g/mol. The Balaban J connectivity index is 2.12. The molecule has 1 aromatic heterocycles. The van der Waals surface area contributed by atoms with E-state index in [1.807, 2.05) is 37.4 Å². The van der Waals surface area contributed by atoms with Crippen LogP contribution in [-0.2, 0) is 11.3 Å². The smallest absolute Gasteiger partial charge is 0.305 e. The van der Waals surface area contributed by atoms with Crippen molar-refractivity contribution in [3.8, 4) is 11.1 Å². The topological polar surface area (TPSA) is 55.1 Å². The summed E-state index contributed by atoms with van der Waals surface area (Å²) < 4.78 is 1.66. The van der Waals surface area contributed by atoms with Crippen molar-refractivity contribution in [3.05, 3.63) is 42.2 Å². The molecule has 0 saturated heterocycles. The molecule has 0 spiro atoms. The fourth-order valence-corrected chi connectivity index (χ4v) is 1.59. The van der Waals surface area contributed by atoms with E-state index in [0.29, 0.717) is 6.54 Å². The molecule has 1 aromatic carbocycles. The summed E-state index contributed by atoms with van der Waals surface area (Å²) in [5.41, 5.74) is 3.32. The van der Waals surface area contributed by atoms with Crippen LogP contribution in [0.4, 0.5) is 0 Å². The lowest BCUT2D eigenvalue weighted by Crippen LogP contribution is -2.04. The first-order valence-electron chi connectivity index (χ1n) is 5.46. The molecule has 0 unspecified atom stereocenters. The second kappa shape index (κ2) is 4.82. The van der Waals surface area contributed by atoms with Crippen LogP contribution in [0.25, 0.3) is 11.1 Å². The molecule has 0 saturated carbocycles. The van der Waals surface area contributed by atoms with Gasteiger partial charge in [0.15, 0.2) is 0 Å². The molecule has 88 valence electrons. The van der Waals surface area contributed by atoms with Crippen molar-refractivity contribution < 1.29 is 9.90 Å². The van der Waals surface area contributed by atoms with Gasteiger partial charge in [-0.05, 0) is 12.5 Å². The molecular formula is C13H14N2O2. The van der Waals surface area contributed by atoms with E-state index in [9.17, 15) is 4.79 Å². The second-order valence-corrected chi connectivity index (χ2v) is 4.00. The van der Waals surface area contributed by atoms with Crippen molar-refractivity contribution in [3.63, 3.8) is 0 Å². The normalized spacial score (nSPS) is 10.4. The zero-order valence-electron chi connectivity index (χ0n) is 9.63. The molecule has 17 heavy (non-hydrogen) atoms. The molecule has 0 aliphatic carbocycles. The van der Waals surface area contributed by atoms with Gasteiger partial charge in [0.05, 0.1) is 19.2 Å². The Bertz CT molecular complexity index is 514. The van der Waals surface area contributed by atoms with Crippen molar-refractivity contribution in [2.75, 3.05) is 0 Å². The molecule has 2 aromatic rings. The fraction of sp³-hybridized carbons (Fsp3) is 0.231. The van der Waals surface area contributed by atoms with Crippen LogP contribution in [0.3, 0.4) is 0 Å². The molecule has 0 atom stereocenters. The van der Waals surface area contributed by atoms with E-state index < -0.39 is 5.97 Å². The first kappa shape index (κ1) is 11.4. The third-order valence-corrected chi connectivity index (χ3v) is 2.57. The predicted molar refractivity (Wildman–Crippen MR) is 64.7 cm³/mol. The van der Waals surface area contributed by atoms with E-state index in [2.05, 4.69) is 5.10 Å². The van der Waals surface area contributed by atoms with E-state index in [4.69, 9.17) is 5.11 Å². The summed E-state index contributed by atoms with van der Waals surface area (Å²) >= 11 is 0. The first-order valence-corrected chi connectivity index (χ1v) is 5.46. The number of carbonyl (C=O) groups is 1. The molecule has 0 aliphatic heterocycles. The summed E-state index contributed by atoms with van der Waals surface area (Å²) in [6.07, 6.45) is 3.72. The number of benzene rings is 1. The van der Waals surface area contributed by atoms with Gasteiger partial charge < -0.3 is 5.11 Å². The van der Waals surface area contributed by atoms with E-state index in [-0.39, 0.29) is 6.42 Å². The molecule has 0 radical (unpaired) electrons. The molecule has 4 nitrogen and oxygen atoms in total. The highest BCUT2D eigenvalue weighted by atomic mass is 16.4. The number of hydrogen-bond acceptors (Lipinski definition) is 2. The summed E-state index contributed by atoms with van der Waals surface area (Å²) in [5, 5.41) is 12.7. The molecule has 1 N–H and O–H groups in total. The molecule has 0 bridgehead atoms. The van der Waals surface area contributed by atoms with Gasteiger partial charge >= 0.3 is 5.97 Å². The van der Waals surface area contributed by atoms with Gasteiger partial charge in [-0.15, -0.1) is 0 Å². The highest BCUT2D eigenvalue weighted by Crippen LogP contribution is 2.18. The summed E-state index contributed by atoms with van der Waals surface area (Å²) in [7, 11) is 0. The lowest BCUT2D eigenvalue weighted by atomic mass is 10.1. The second-order valence-electron chi connectivity index (χ2n) is 4.00. The Labute approximate surface area is 99.5 Å². The van der Waals surface area contributed by atoms with Gasteiger partial charge in [-0.1, -0.05) is 29.8 Å². The Morgan fingerprint density at radius 1 is 1.29 bits per heavy atom. The van der Waals surface area contributed by atoms with E-state index in [1.165, 1.54) is 5.56 Å². The molecule has 0 amide bonds. The summed E-state index contributed by atoms with van der Waals surface area (Å²) in [5.74, 6) is -0.808. The number of aliphatic carboxylic acids is 1. The number of hydrogen-bond donors (Lipinski definition) is 1. The maximum atomic E-state index is 10.4. The number of carboxylic acids is 1. The van der Waals surface area contributed by atoms with Gasteiger partial charge in [0.2, 0.25) is 0 Å². The van der Waals surface area contributed by atoms with Crippen LogP contribution in [-0.4, -0.2) is 20.9 Å². The summed E-state index contributed by atoms with van der Waals surface area (Å²) in [6.45, 7) is 2.45. The van der Waals surface area contributed by atoms with Crippen LogP contribution in [0.2, 0.25) is 0 Å². The molecule has 2 rings (SSSR count). The quantitative estimate of drug-likeness (QED) is 0.877. The Morgan fingerprint density at radius 3 is 2.65 bits per heavy atom. The number of aromatic nitrogens is 2. The van der Waals surface area contributed by atoms with Crippen LogP contribution in [0.15, 0.2) is 36.7 Å². The van der Waals surface area contributed by atoms with Crippen molar-refractivity contribution in [2.45, 2.75) is 19.9 Å². The van der Waals surface area contributed by atoms with Crippen molar-refractivity contribution in [1.82, 2.24) is 9.78 Å². The third-order valence-electron chi connectivity index (χ3n) is 2.57. The lowest BCUT2D eigenvalue weighted by Gasteiger charge is -1.98. The van der Waals surface area contributed by atoms with Crippen LogP contribution >= 0.6 is 0 Å². The Hall–Kier alpha value is -2.10. The monoisotopic (exact) mass is 230 g/mol. The lowest BCUT2D eigenvalue weighted by molar-refractivity contribution is -0.137. The largest absolute Gasteiger partial charge is 0.481 e. The highest BCUT2D eigenvalue weighted by molar-refractivity contribution is 5.66. The standard InChI is InChI=1S/C13H14N2O2/c1-10-2-4-11(5-3-10)12-8-14-15(9-12)7-6-13(16)17/h2-5,8-9H,6-7H2,1H3,(H,16,17). The Kier molecular flexibility index (Phi) is 3.23. The van der Waals surface area contributed by atoms with Gasteiger partial charge in [-0.25, -0.2) is 0 Å². The number of rotatable bonds is 4. The SMILES string of the molecule is Cc1ccc(-c2cnn(CCC(=O)O)c2)cc1. The maximum absolute atomic E-state index is 10.4. The minimum absolute atomic E-state index is 0.0923. The van der Waals surface area contributed by atoms with Crippen LogP contribution in [0, 0.1) is 6.92 Å². The highest BCUT2D eigenvalue weighted by Gasteiger charge is 2.03. The van der Waals surface area contributed by atoms with Crippen LogP contribution in [0.5, 0.6) is 0 Å². The average Bonchev–Trinajstić information content (AvgIpc) is 2.76. The van der Waals surface area contributed by atoms with Crippen LogP contribution in [0.1, 0.15) is 12.0 Å². The maximum Gasteiger partial charge on any atom is 0.305 e. The van der Waals surface area contributed by atoms with Crippen LogP contribution < -0.4 is 0 Å². The molecule has 1 heterocycles. The van der Waals surface area contributed by atoms with E-state index in [0.717, 1.165) is 11.1 Å². The predicted octanol–water partition coefficient (Wildman–Crippen LogP) is 2.33. The van der Waals surface area contributed by atoms with Crippen molar-refractivity contribution >= 4 is 5.97 Å². The van der Waals surface area contributed by atoms with Crippen molar-refractivity contribution in [2.24, 2.45) is 0 Å². The van der Waals surface area contributed by atoms with Gasteiger partial charge in [0.1, 0.15) is 0 Å². The van der Waals surface area contributed by atoms with Gasteiger partial charge in [-0.3, -0.25) is 9.48 Å². The zero-order valence-corrected chi connectivity index (χ0v) is 9.63. The van der Waals surface area contributed by atoms with Crippen molar-refractivity contribution in [1.29, 1.82) is 0 Å². The number of aryl methyl sites for hydroxylation is 2. The number of nitrogens with zero attached hydrogens (tertiary/aromatic N) is 2. The zero-order chi connectivity index (χ0) is 12.3. The molecule has 0 fully saturated rings. The Morgan fingerprint density at radius 2 is 2.00 bits per heavy atom. The minimum Gasteiger partial charge on any atom is -0.481 e. The third kappa shape index (κ3) is 2.93. The van der Waals surface area contributed by atoms with Gasteiger partial charge in [-0.2, -0.15) is 5.10 Å². The minimum atomic E-state index is -0.808. The molecule has 4 heteroatoms. The van der Waals surface area contributed by atoms with E-state index >= 15 is 0 Å². The molecule has 0 aliphatic rings. The molecular weight excluding hydrogens is 216 g/mol. The fourth-order valence-electron chi connectivity index (χ4n) is 1.59.